The molecule has 0 atom stereocenters. The van der Waals surface area contributed by atoms with Gasteiger partial charge in [-0.25, -0.2) is 9.97 Å². The number of ether oxygens (including phenoxy) is 1. The summed E-state index contributed by atoms with van der Waals surface area (Å²) in [4.78, 5) is 23.6. The van der Waals surface area contributed by atoms with Gasteiger partial charge in [-0.05, 0) is 17.5 Å². The summed E-state index contributed by atoms with van der Waals surface area (Å²) >= 11 is 1.41. The highest BCUT2D eigenvalue weighted by Crippen LogP contribution is 2.36. The quantitative estimate of drug-likeness (QED) is 0.690. The molecule has 2 aromatic heterocycles. The molecule has 1 amide bonds. The lowest BCUT2D eigenvalue weighted by molar-refractivity contribution is 0.0988. The van der Waals surface area contributed by atoms with Gasteiger partial charge >= 0.3 is 0 Å². The number of fused-ring (bicyclic) bond motifs is 2. The number of para-hydroxylation sites is 1. The third-order valence-corrected chi connectivity index (χ3v) is 4.24. The standard InChI is InChI=1S/C16H11N3O2S/c20-16(13-6-3-9-22-13)19-10-11-4-1-2-5-12(11)21-15-14(19)17-7-8-18-15/h1-9H,10H2. The largest absolute Gasteiger partial charge is 0.436 e. The maximum absolute atomic E-state index is 12.8. The van der Waals surface area contributed by atoms with Crippen LogP contribution in [0.15, 0.2) is 54.2 Å². The molecule has 5 nitrogen and oxygen atoms in total. The maximum atomic E-state index is 12.8. The van der Waals surface area contributed by atoms with Gasteiger partial charge in [0.1, 0.15) is 5.75 Å². The normalized spacial score (nSPS) is 12.8. The summed E-state index contributed by atoms with van der Waals surface area (Å²) in [5.74, 6) is 1.39. The number of rotatable bonds is 1. The number of amides is 1. The number of hydrogen-bond donors (Lipinski definition) is 0. The highest BCUT2D eigenvalue weighted by molar-refractivity contribution is 7.12. The van der Waals surface area contributed by atoms with Crippen LogP contribution in [0, 0.1) is 0 Å². The van der Waals surface area contributed by atoms with Crippen molar-refractivity contribution in [2.24, 2.45) is 0 Å². The SMILES string of the molecule is O=C(c1cccs1)N1Cc2ccccc2Oc2nccnc21. The Kier molecular flexibility index (Phi) is 3.08. The molecular weight excluding hydrogens is 298 g/mol. The second kappa shape index (κ2) is 5.23. The van der Waals surface area contributed by atoms with Crippen molar-refractivity contribution in [3.63, 3.8) is 0 Å². The van der Waals surface area contributed by atoms with Crippen molar-refractivity contribution in [2.75, 3.05) is 4.90 Å². The van der Waals surface area contributed by atoms with E-state index in [1.54, 1.807) is 23.4 Å². The van der Waals surface area contributed by atoms with E-state index < -0.39 is 0 Å². The van der Waals surface area contributed by atoms with Crippen LogP contribution >= 0.6 is 11.3 Å². The topological polar surface area (TPSA) is 55.3 Å². The van der Waals surface area contributed by atoms with Gasteiger partial charge in [0.25, 0.3) is 11.8 Å². The third kappa shape index (κ3) is 2.14. The molecule has 0 bridgehead atoms. The smallest absolute Gasteiger partial charge is 0.269 e. The van der Waals surface area contributed by atoms with Crippen LogP contribution in [-0.4, -0.2) is 15.9 Å². The minimum absolute atomic E-state index is 0.1000. The van der Waals surface area contributed by atoms with E-state index in [0.29, 0.717) is 28.9 Å². The zero-order valence-electron chi connectivity index (χ0n) is 11.5. The highest BCUT2D eigenvalue weighted by atomic mass is 32.1. The first-order valence-corrected chi connectivity index (χ1v) is 7.63. The van der Waals surface area contributed by atoms with Gasteiger partial charge in [-0.1, -0.05) is 24.3 Å². The Bertz CT molecular complexity index is 833. The van der Waals surface area contributed by atoms with Gasteiger partial charge in [-0.2, -0.15) is 0 Å². The Labute approximate surface area is 130 Å². The van der Waals surface area contributed by atoms with Crippen molar-refractivity contribution >= 4 is 23.1 Å². The van der Waals surface area contributed by atoms with Crippen molar-refractivity contribution < 1.29 is 9.53 Å². The molecular formula is C16H11N3O2S. The van der Waals surface area contributed by atoms with Crippen molar-refractivity contribution in [3.05, 3.63) is 64.6 Å². The number of benzene rings is 1. The number of thiophene rings is 1. The lowest BCUT2D eigenvalue weighted by Gasteiger charge is -2.19. The molecule has 0 unspecified atom stereocenters. The lowest BCUT2D eigenvalue weighted by Crippen LogP contribution is -2.30. The van der Waals surface area contributed by atoms with E-state index in [0.717, 1.165) is 5.56 Å². The summed E-state index contributed by atoms with van der Waals surface area (Å²) in [6.45, 7) is 0.401. The molecule has 4 rings (SSSR count). The van der Waals surface area contributed by atoms with E-state index in [1.165, 1.54) is 11.3 Å². The zero-order valence-corrected chi connectivity index (χ0v) is 12.3. The van der Waals surface area contributed by atoms with Crippen molar-refractivity contribution in [1.29, 1.82) is 0 Å². The summed E-state index contributed by atoms with van der Waals surface area (Å²) < 4.78 is 5.84. The number of carbonyl (C=O) groups excluding carboxylic acids is 1. The predicted molar refractivity (Wildman–Crippen MR) is 83.4 cm³/mol. The molecule has 108 valence electrons. The van der Waals surface area contributed by atoms with Crippen LogP contribution in [0.25, 0.3) is 0 Å². The maximum Gasteiger partial charge on any atom is 0.269 e. The second-order valence-electron chi connectivity index (χ2n) is 4.76. The van der Waals surface area contributed by atoms with E-state index in [4.69, 9.17) is 4.74 Å². The molecule has 0 N–H and O–H groups in total. The summed E-state index contributed by atoms with van der Waals surface area (Å²) in [5, 5.41) is 1.88. The van der Waals surface area contributed by atoms with Gasteiger partial charge in [0.2, 0.25) is 0 Å². The molecule has 0 radical (unpaired) electrons. The fraction of sp³-hybridized carbons (Fsp3) is 0.0625. The van der Waals surface area contributed by atoms with E-state index in [-0.39, 0.29) is 5.91 Å². The Morgan fingerprint density at radius 1 is 1.14 bits per heavy atom. The molecule has 1 aliphatic rings. The van der Waals surface area contributed by atoms with Crippen molar-refractivity contribution in [2.45, 2.75) is 6.54 Å². The van der Waals surface area contributed by atoms with Gasteiger partial charge < -0.3 is 4.74 Å². The van der Waals surface area contributed by atoms with Gasteiger partial charge in [0.05, 0.1) is 11.4 Å². The number of hydrogen-bond acceptors (Lipinski definition) is 5. The Morgan fingerprint density at radius 3 is 2.86 bits per heavy atom. The van der Waals surface area contributed by atoms with Gasteiger partial charge in [0.15, 0.2) is 5.82 Å². The van der Waals surface area contributed by atoms with Crippen molar-refractivity contribution in [3.8, 4) is 11.6 Å². The first-order chi connectivity index (χ1) is 10.8. The highest BCUT2D eigenvalue weighted by Gasteiger charge is 2.28. The van der Waals surface area contributed by atoms with Gasteiger partial charge in [0, 0.05) is 18.0 Å². The monoisotopic (exact) mass is 309 g/mol. The molecule has 0 aliphatic carbocycles. The molecule has 6 heteroatoms. The predicted octanol–water partition coefficient (Wildman–Crippen LogP) is 3.49. The minimum atomic E-state index is -0.1000. The number of aromatic nitrogens is 2. The second-order valence-corrected chi connectivity index (χ2v) is 5.71. The Hall–Kier alpha value is -2.73. The van der Waals surface area contributed by atoms with E-state index in [9.17, 15) is 4.79 Å². The molecule has 0 saturated heterocycles. The van der Waals surface area contributed by atoms with Crippen LogP contribution in [0.1, 0.15) is 15.2 Å². The average Bonchev–Trinajstić information content (AvgIpc) is 3.03. The third-order valence-electron chi connectivity index (χ3n) is 3.39. The van der Waals surface area contributed by atoms with E-state index in [1.807, 2.05) is 35.7 Å². The zero-order chi connectivity index (χ0) is 14.9. The lowest BCUT2D eigenvalue weighted by atomic mass is 10.2. The Morgan fingerprint density at radius 2 is 2.00 bits per heavy atom. The minimum Gasteiger partial charge on any atom is -0.436 e. The Balaban J connectivity index is 1.85. The van der Waals surface area contributed by atoms with Crippen LogP contribution in [-0.2, 0) is 6.54 Å². The molecule has 0 fully saturated rings. The number of carbonyl (C=O) groups is 1. The van der Waals surface area contributed by atoms with Crippen LogP contribution < -0.4 is 9.64 Å². The fourth-order valence-electron chi connectivity index (χ4n) is 2.36. The van der Waals surface area contributed by atoms with E-state index in [2.05, 4.69) is 9.97 Å². The first kappa shape index (κ1) is 13.0. The summed E-state index contributed by atoms with van der Waals surface area (Å²) in [6, 6.07) is 11.3. The molecule has 0 saturated carbocycles. The molecule has 3 heterocycles. The van der Waals surface area contributed by atoms with Gasteiger partial charge in [-0.3, -0.25) is 9.69 Å². The van der Waals surface area contributed by atoms with Crippen LogP contribution in [0.4, 0.5) is 5.82 Å². The molecule has 1 aromatic carbocycles. The van der Waals surface area contributed by atoms with Crippen molar-refractivity contribution in [1.82, 2.24) is 9.97 Å². The van der Waals surface area contributed by atoms with Gasteiger partial charge in [-0.15, -0.1) is 11.3 Å². The molecule has 22 heavy (non-hydrogen) atoms. The van der Waals surface area contributed by atoms with Crippen LogP contribution in [0.5, 0.6) is 11.6 Å². The van der Waals surface area contributed by atoms with Crippen LogP contribution in [0.3, 0.4) is 0 Å². The average molecular weight is 309 g/mol. The molecule has 0 spiro atoms. The fourth-order valence-corrected chi connectivity index (χ4v) is 3.03. The van der Waals surface area contributed by atoms with Crippen LogP contribution in [0.2, 0.25) is 0 Å². The first-order valence-electron chi connectivity index (χ1n) is 6.75. The number of nitrogens with zero attached hydrogens (tertiary/aromatic N) is 3. The van der Waals surface area contributed by atoms with E-state index >= 15 is 0 Å². The summed E-state index contributed by atoms with van der Waals surface area (Å²) in [6.07, 6.45) is 3.12. The number of anilines is 1. The summed E-state index contributed by atoms with van der Waals surface area (Å²) in [5.41, 5.74) is 0.923. The molecule has 3 aromatic rings. The summed E-state index contributed by atoms with van der Waals surface area (Å²) in [7, 11) is 0. The molecule has 1 aliphatic heterocycles.